The summed E-state index contributed by atoms with van der Waals surface area (Å²) in [6, 6.07) is 8.42. The molecule has 0 aliphatic carbocycles. The van der Waals surface area contributed by atoms with Crippen molar-refractivity contribution in [2.75, 3.05) is 0 Å². The first-order valence-corrected chi connectivity index (χ1v) is 5.13. The van der Waals surface area contributed by atoms with E-state index in [2.05, 4.69) is 0 Å². The van der Waals surface area contributed by atoms with Gasteiger partial charge in [0.15, 0.2) is 0 Å². The van der Waals surface area contributed by atoms with E-state index < -0.39 is 17.4 Å². The standard InChI is InChI=1S/C12H15F3O2/c1-10(2,11(16,17)12(13,14)15)8-9-6-4-3-5-7-9/h3-7,16-17H,8H2,1-2H3. The van der Waals surface area contributed by atoms with Gasteiger partial charge < -0.3 is 10.2 Å². The third-order valence-corrected chi connectivity index (χ3v) is 2.83. The fraction of sp³-hybridized carbons (Fsp3) is 0.500. The van der Waals surface area contributed by atoms with Crippen molar-refractivity contribution in [1.29, 1.82) is 0 Å². The summed E-state index contributed by atoms with van der Waals surface area (Å²) in [5, 5.41) is 18.5. The maximum absolute atomic E-state index is 12.5. The van der Waals surface area contributed by atoms with Crippen LogP contribution in [0.2, 0.25) is 0 Å². The fourth-order valence-corrected chi connectivity index (χ4v) is 1.61. The van der Waals surface area contributed by atoms with Gasteiger partial charge in [0.1, 0.15) is 0 Å². The Morgan fingerprint density at radius 1 is 1.00 bits per heavy atom. The number of hydrogen-bond donors (Lipinski definition) is 2. The molecule has 0 atom stereocenters. The molecule has 2 nitrogen and oxygen atoms in total. The summed E-state index contributed by atoms with van der Waals surface area (Å²) in [6.07, 6.45) is -5.16. The van der Waals surface area contributed by atoms with E-state index in [4.69, 9.17) is 0 Å². The van der Waals surface area contributed by atoms with E-state index in [1.807, 2.05) is 0 Å². The van der Waals surface area contributed by atoms with Crippen LogP contribution in [0, 0.1) is 5.41 Å². The first kappa shape index (κ1) is 14.0. The van der Waals surface area contributed by atoms with Crippen LogP contribution in [-0.2, 0) is 6.42 Å². The van der Waals surface area contributed by atoms with Crippen molar-refractivity contribution < 1.29 is 23.4 Å². The average Bonchev–Trinajstić information content (AvgIpc) is 2.16. The largest absolute Gasteiger partial charge is 0.443 e. The number of hydrogen-bond acceptors (Lipinski definition) is 2. The predicted molar refractivity (Wildman–Crippen MR) is 57.2 cm³/mol. The van der Waals surface area contributed by atoms with E-state index in [1.54, 1.807) is 30.3 Å². The molecule has 0 amide bonds. The molecule has 0 bridgehead atoms. The lowest BCUT2D eigenvalue weighted by Gasteiger charge is -2.39. The van der Waals surface area contributed by atoms with E-state index in [9.17, 15) is 23.4 Å². The molecule has 96 valence electrons. The molecular weight excluding hydrogens is 233 g/mol. The van der Waals surface area contributed by atoms with Crippen LogP contribution in [0.4, 0.5) is 13.2 Å². The molecule has 17 heavy (non-hydrogen) atoms. The summed E-state index contributed by atoms with van der Waals surface area (Å²) in [4.78, 5) is 0. The molecule has 0 spiro atoms. The number of halogens is 3. The van der Waals surface area contributed by atoms with Gasteiger partial charge in [0, 0.05) is 5.41 Å². The number of alkyl halides is 3. The molecule has 0 saturated carbocycles. The highest BCUT2D eigenvalue weighted by Gasteiger charge is 2.61. The zero-order valence-corrected chi connectivity index (χ0v) is 9.62. The Labute approximate surface area is 97.7 Å². The van der Waals surface area contributed by atoms with Crippen molar-refractivity contribution in [3.8, 4) is 0 Å². The minimum absolute atomic E-state index is 0.0830. The molecule has 1 aromatic rings. The molecule has 0 aliphatic rings. The molecular formula is C12H15F3O2. The second kappa shape index (κ2) is 4.31. The fourth-order valence-electron chi connectivity index (χ4n) is 1.61. The summed E-state index contributed by atoms with van der Waals surface area (Å²) in [7, 11) is 0. The lowest BCUT2D eigenvalue weighted by molar-refractivity contribution is -0.387. The first-order chi connectivity index (χ1) is 7.58. The van der Waals surface area contributed by atoms with Gasteiger partial charge in [-0.05, 0) is 12.0 Å². The molecule has 0 fully saturated rings. The van der Waals surface area contributed by atoms with Crippen LogP contribution in [0.5, 0.6) is 0 Å². The third kappa shape index (κ3) is 2.79. The van der Waals surface area contributed by atoms with Crippen LogP contribution in [0.15, 0.2) is 30.3 Å². The third-order valence-electron chi connectivity index (χ3n) is 2.83. The zero-order chi connectivity index (χ0) is 13.3. The maximum atomic E-state index is 12.5. The highest BCUT2D eigenvalue weighted by Crippen LogP contribution is 2.43. The summed E-state index contributed by atoms with van der Waals surface area (Å²) >= 11 is 0. The molecule has 1 aromatic carbocycles. The Bertz CT molecular complexity index is 369. The summed E-state index contributed by atoms with van der Waals surface area (Å²) in [5.74, 6) is -3.71. The molecule has 5 heteroatoms. The van der Waals surface area contributed by atoms with Gasteiger partial charge in [-0.1, -0.05) is 44.2 Å². The Balaban J connectivity index is 2.96. The minimum atomic E-state index is -5.08. The van der Waals surface area contributed by atoms with Crippen molar-refractivity contribution >= 4 is 0 Å². The highest BCUT2D eigenvalue weighted by molar-refractivity contribution is 5.17. The van der Waals surface area contributed by atoms with E-state index in [1.165, 1.54) is 13.8 Å². The van der Waals surface area contributed by atoms with E-state index in [0.717, 1.165) is 0 Å². The van der Waals surface area contributed by atoms with Gasteiger partial charge >= 0.3 is 6.18 Å². The summed E-state index contributed by atoms with van der Waals surface area (Å²) in [5.41, 5.74) is -1.11. The van der Waals surface area contributed by atoms with Gasteiger partial charge in [-0.2, -0.15) is 13.2 Å². The predicted octanol–water partition coefficient (Wildman–Crippen LogP) is 2.50. The topological polar surface area (TPSA) is 40.5 Å². The second-order valence-electron chi connectivity index (χ2n) is 4.72. The Hall–Kier alpha value is -1.07. The lowest BCUT2D eigenvalue weighted by Crippen LogP contribution is -2.56. The molecule has 0 aliphatic heterocycles. The van der Waals surface area contributed by atoms with Crippen LogP contribution < -0.4 is 0 Å². The molecule has 0 heterocycles. The molecule has 2 N–H and O–H groups in total. The molecule has 1 rings (SSSR count). The highest BCUT2D eigenvalue weighted by atomic mass is 19.4. The smallest absolute Gasteiger partial charge is 0.358 e. The van der Waals surface area contributed by atoms with Crippen LogP contribution in [0.1, 0.15) is 19.4 Å². The minimum Gasteiger partial charge on any atom is -0.358 e. The van der Waals surface area contributed by atoms with E-state index in [0.29, 0.717) is 5.56 Å². The Morgan fingerprint density at radius 2 is 1.47 bits per heavy atom. The van der Waals surface area contributed by atoms with Gasteiger partial charge in [-0.3, -0.25) is 0 Å². The van der Waals surface area contributed by atoms with E-state index in [-0.39, 0.29) is 6.42 Å². The average molecular weight is 248 g/mol. The monoisotopic (exact) mass is 248 g/mol. The van der Waals surface area contributed by atoms with Crippen LogP contribution in [0.25, 0.3) is 0 Å². The molecule has 0 radical (unpaired) electrons. The van der Waals surface area contributed by atoms with E-state index >= 15 is 0 Å². The molecule has 0 saturated heterocycles. The van der Waals surface area contributed by atoms with Gasteiger partial charge in [0.25, 0.3) is 5.79 Å². The zero-order valence-electron chi connectivity index (χ0n) is 9.62. The number of benzene rings is 1. The quantitative estimate of drug-likeness (QED) is 0.807. The Kier molecular flexibility index (Phi) is 3.55. The first-order valence-electron chi connectivity index (χ1n) is 5.13. The van der Waals surface area contributed by atoms with Crippen molar-refractivity contribution in [3.05, 3.63) is 35.9 Å². The number of aliphatic hydroxyl groups is 2. The summed E-state index contributed by atoms with van der Waals surface area (Å²) < 4.78 is 37.6. The van der Waals surface area contributed by atoms with Gasteiger partial charge in [-0.25, -0.2) is 0 Å². The van der Waals surface area contributed by atoms with Crippen molar-refractivity contribution in [2.45, 2.75) is 32.2 Å². The second-order valence-corrected chi connectivity index (χ2v) is 4.72. The normalized spacial score (nSPS) is 13.8. The SMILES string of the molecule is CC(C)(Cc1ccccc1)C(O)(O)C(F)(F)F. The molecule has 0 aromatic heterocycles. The van der Waals surface area contributed by atoms with Gasteiger partial charge in [-0.15, -0.1) is 0 Å². The van der Waals surface area contributed by atoms with Gasteiger partial charge in [0.2, 0.25) is 0 Å². The molecule has 0 unspecified atom stereocenters. The summed E-state index contributed by atoms with van der Waals surface area (Å²) in [6.45, 7) is 2.35. The van der Waals surface area contributed by atoms with Crippen molar-refractivity contribution in [2.24, 2.45) is 5.41 Å². The van der Waals surface area contributed by atoms with Crippen LogP contribution in [-0.4, -0.2) is 22.2 Å². The van der Waals surface area contributed by atoms with Gasteiger partial charge in [0.05, 0.1) is 0 Å². The van der Waals surface area contributed by atoms with Crippen molar-refractivity contribution in [3.63, 3.8) is 0 Å². The number of rotatable bonds is 3. The maximum Gasteiger partial charge on any atom is 0.443 e. The van der Waals surface area contributed by atoms with Crippen molar-refractivity contribution in [1.82, 2.24) is 0 Å². The Morgan fingerprint density at radius 3 is 1.88 bits per heavy atom. The van der Waals surface area contributed by atoms with Crippen LogP contribution >= 0.6 is 0 Å². The lowest BCUT2D eigenvalue weighted by atomic mass is 9.77. The van der Waals surface area contributed by atoms with Crippen LogP contribution in [0.3, 0.4) is 0 Å².